The van der Waals surface area contributed by atoms with Gasteiger partial charge in [-0.05, 0) is 28.4 Å². The number of rotatable bonds is 1. The van der Waals surface area contributed by atoms with E-state index in [0.717, 1.165) is 27.6 Å². The standard InChI is InChI=1S/C8H8BrN3/c1-2-7-6-3-5(9)4-10-8(6)12-11-7/h3-4H,2H2,1H3,(H,10,11,12). The number of nitrogens with one attached hydrogen (secondary N) is 1. The zero-order chi connectivity index (χ0) is 8.55. The molecule has 2 aromatic heterocycles. The van der Waals surface area contributed by atoms with Crippen LogP contribution >= 0.6 is 15.9 Å². The van der Waals surface area contributed by atoms with E-state index in [-0.39, 0.29) is 0 Å². The maximum absolute atomic E-state index is 4.16. The van der Waals surface area contributed by atoms with Crippen LogP contribution in [0.5, 0.6) is 0 Å². The highest BCUT2D eigenvalue weighted by Crippen LogP contribution is 2.18. The van der Waals surface area contributed by atoms with Gasteiger partial charge >= 0.3 is 0 Å². The van der Waals surface area contributed by atoms with E-state index in [4.69, 9.17) is 0 Å². The Morgan fingerprint density at radius 1 is 1.58 bits per heavy atom. The van der Waals surface area contributed by atoms with Crippen molar-refractivity contribution in [2.24, 2.45) is 0 Å². The lowest BCUT2D eigenvalue weighted by molar-refractivity contribution is 0.983. The molecule has 0 aliphatic heterocycles. The lowest BCUT2D eigenvalue weighted by atomic mass is 10.2. The maximum atomic E-state index is 4.16. The van der Waals surface area contributed by atoms with E-state index in [1.54, 1.807) is 6.20 Å². The summed E-state index contributed by atoms with van der Waals surface area (Å²) in [5.74, 6) is 0. The summed E-state index contributed by atoms with van der Waals surface area (Å²) in [6.45, 7) is 2.09. The molecule has 0 amide bonds. The Morgan fingerprint density at radius 3 is 3.17 bits per heavy atom. The van der Waals surface area contributed by atoms with Crippen LogP contribution in [0.3, 0.4) is 0 Å². The van der Waals surface area contributed by atoms with Crippen LogP contribution in [0.4, 0.5) is 0 Å². The van der Waals surface area contributed by atoms with E-state index in [0.29, 0.717) is 0 Å². The van der Waals surface area contributed by atoms with E-state index in [2.05, 4.69) is 38.0 Å². The SMILES string of the molecule is CCc1[nH]nc2ncc(Br)cc12. The molecule has 0 fully saturated rings. The predicted molar refractivity (Wildman–Crippen MR) is 51.0 cm³/mol. The van der Waals surface area contributed by atoms with E-state index in [1.165, 1.54) is 0 Å². The van der Waals surface area contributed by atoms with Crippen LogP contribution in [-0.4, -0.2) is 15.2 Å². The molecule has 0 spiro atoms. The third kappa shape index (κ3) is 1.12. The molecule has 0 aliphatic rings. The maximum Gasteiger partial charge on any atom is 0.181 e. The molecule has 1 N–H and O–H groups in total. The fraction of sp³-hybridized carbons (Fsp3) is 0.250. The van der Waals surface area contributed by atoms with Crippen molar-refractivity contribution in [3.05, 3.63) is 22.4 Å². The van der Waals surface area contributed by atoms with Gasteiger partial charge in [0.25, 0.3) is 0 Å². The first-order valence-corrected chi connectivity index (χ1v) is 4.59. The van der Waals surface area contributed by atoms with Crippen molar-refractivity contribution in [3.63, 3.8) is 0 Å². The van der Waals surface area contributed by atoms with Crippen molar-refractivity contribution in [2.45, 2.75) is 13.3 Å². The fourth-order valence-electron chi connectivity index (χ4n) is 1.19. The number of pyridine rings is 1. The summed E-state index contributed by atoms with van der Waals surface area (Å²) >= 11 is 3.38. The second kappa shape index (κ2) is 2.86. The van der Waals surface area contributed by atoms with E-state index >= 15 is 0 Å². The molecule has 0 saturated carbocycles. The number of nitrogens with zero attached hydrogens (tertiary/aromatic N) is 2. The monoisotopic (exact) mass is 225 g/mol. The Morgan fingerprint density at radius 2 is 2.42 bits per heavy atom. The fourth-order valence-corrected chi connectivity index (χ4v) is 1.52. The summed E-state index contributed by atoms with van der Waals surface area (Å²) in [7, 11) is 0. The second-order valence-corrected chi connectivity index (χ2v) is 3.50. The second-order valence-electron chi connectivity index (χ2n) is 2.58. The number of aromatic amines is 1. The normalized spacial score (nSPS) is 10.8. The van der Waals surface area contributed by atoms with Gasteiger partial charge in [0, 0.05) is 21.7 Å². The molecule has 62 valence electrons. The number of H-pyrrole nitrogens is 1. The topological polar surface area (TPSA) is 41.6 Å². The Balaban J connectivity index is 2.75. The molecule has 0 aromatic carbocycles. The Bertz CT molecular complexity index is 408. The molecule has 2 heterocycles. The largest absolute Gasteiger partial charge is 0.280 e. The van der Waals surface area contributed by atoms with Gasteiger partial charge < -0.3 is 0 Å². The van der Waals surface area contributed by atoms with Crippen LogP contribution in [0, 0.1) is 0 Å². The molecule has 0 radical (unpaired) electrons. The highest BCUT2D eigenvalue weighted by molar-refractivity contribution is 9.10. The number of hydrogen-bond donors (Lipinski definition) is 1. The van der Waals surface area contributed by atoms with Crippen molar-refractivity contribution >= 4 is 27.0 Å². The van der Waals surface area contributed by atoms with Crippen molar-refractivity contribution in [1.29, 1.82) is 0 Å². The molecule has 2 rings (SSSR count). The van der Waals surface area contributed by atoms with Crippen molar-refractivity contribution in [3.8, 4) is 0 Å². The Kier molecular flexibility index (Phi) is 1.84. The molecule has 0 unspecified atom stereocenters. The van der Waals surface area contributed by atoms with Crippen LogP contribution in [0.15, 0.2) is 16.7 Å². The van der Waals surface area contributed by atoms with Gasteiger partial charge in [0.2, 0.25) is 0 Å². The molecule has 2 aromatic rings. The quantitative estimate of drug-likeness (QED) is 0.810. The van der Waals surface area contributed by atoms with Crippen LogP contribution in [0.25, 0.3) is 11.0 Å². The molecule has 0 saturated heterocycles. The molecular weight excluding hydrogens is 218 g/mol. The van der Waals surface area contributed by atoms with Gasteiger partial charge in [-0.1, -0.05) is 6.92 Å². The first kappa shape index (κ1) is 7.73. The van der Waals surface area contributed by atoms with Crippen molar-refractivity contribution < 1.29 is 0 Å². The number of aryl methyl sites for hydroxylation is 1. The average molecular weight is 226 g/mol. The molecule has 0 aliphatic carbocycles. The average Bonchev–Trinajstić information content (AvgIpc) is 2.46. The summed E-state index contributed by atoms with van der Waals surface area (Å²) in [5.41, 5.74) is 1.92. The lowest BCUT2D eigenvalue weighted by Crippen LogP contribution is -1.79. The van der Waals surface area contributed by atoms with Gasteiger partial charge in [-0.2, -0.15) is 5.10 Å². The molecular formula is C8H8BrN3. The smallest absolute Gasteiger partial charge is 0.181 e. The molecule has 4 heteroatoms. The number of halogens is 1. The van der Waals surface area contributed by atoms with Crippen molar-refractivity contribution in [2.75, 3.05) is 0 Å². The minimum absolute atomic E-state index is 0.787. The summed E-state index contributed by atoms with van der Waals surface area (Å²) in [4.78, 5) is 4.16. The first-order valence-electron chi connectivity index (χ1n) is 3.79. The van der Waals surface area contributed by atoms with E-state index < -0.39 is 0 Å². The van der Waals surface area contributed by atoms with Gasteiger partial charge in [-0.25, -0.2) is 4.98 Å². The van der Waals surface area contributed by atoms with Gasteiger partial charge in [0.15, 0.2) is 5.65 Å². The summed E-state index contributed by atoms with van der Waals surface area (Å²) in [5, 5.41) is 8.13. The minimum Gasteiger partial charge on any atom is -0.280 e. The van der Waals surface area contributed by atoms with E-state index in [9.17, 15) is 0 Å². The molecule has 12 heavy (non-hydrogen) atoms. The Hall–Kier alpha value is -0.900. The van der Waals surface area contributed by atoms with Gasteiger partial charge in [0.05, 0.1) is 0 Å². The van der Waals surface area contributed by atoms with Crippen LogP contribution < -0.4 is 0 Å². The number of hydrogen-bond acceptors (Lipinski definition) is 2. The Labute approximate surface area is 78.3 Å². The van der Waals surface area contributed by atoms with Crippen LogP contribution in [-0.2, 0) is 6.42 Å². The predicted octanol–water partition coefficient (Wildman–Crippen LogP) is 2.28. The molecule has 0 bridgehead atoms. The highest BCUT2D eigenvalue weighted by atomic mass is 79.9. The lowest BCUT2D eigenvalue weighted by Gasteiger charge is -1.91. The zero-order valence-corrected chi connectivity index (χ0v) is 8.22. The molecule has 3 nitrogen and oxygen atoms in total. The third-order valence-corrected chi connectivity index (χ3v) is 2.24. The number of aromatic nitrogens is 3. The van der Waals surface area contributed by atoms with Gasteiger partial charge in [-0.15, -0.1) is 0 Å². The van der Waals surface area contributed by atoms with Crippen LogP contribution in [0.1, 0.15) is 12.6 Å². The first-order chi connectivity index (χ1) is 5.81. The highest BCUT2D eigenvalue weighted by Gasteiger charge is 2.03. The van der Waals surface area contributed by atoms with Gasteiger partial charge in [-0.3, -0.25) is 5.10 Å². The summed E-state index contributed by atoms with van der Waals surface area (Å²) in [6.07, 6.45) is 2.71. The summed E-state index contributed by atoms with van der Waals surface area (Å²) in [6, 6.07) is 2.03. The third-order valence-electron chi connectivity index (χ3n) is 1.81. The van der Waals surface area contributed by atoms with E-state index in [1.807, 2.05) is 6.07 Å². The van der Waals surface area contributed by atoms with Crippen molar-refractivity contribution in [1.82, 2.24) is 15.2 Å². The summed E-state index contributed by atoms with van der Waals surface area (Å²) < 4.78 is 0.992. The minimum atomic E-state index is 0.787. The van der Waals surface area contributed by atoms with Gasteiger partial charge in [0.1, 0.15) is 0 Å². The zero-order valence-electron chi connectivity index (χ0n) is 6.63. The molecule has 0 atom stereocenters. The number of fused-ring (bicyclic) bond motifs is 1. The van der Waals surface area contributed by atoms with Crippen LogP contribution in [0.2, 0.25) is 0 Å².